The molecule has 1 aliphatic carbocycles. The topological polar surface area (TPSA) is 17.1 Å². The van der Waals surface area contributed by atoms with Crippen LogP contribution in [0.2, 0.25) is 0 Å². The molecule has 1 rings (SSSR count). The minimum atomic E-state index is 0.259. The van der Waals surface area contributed by atoms with Crippen molar-refractivity contribution in [3.63, 3.8) is 0 Å². The van der Waals surface area contributed by atoms with Gasteiger partial charge in [0, 0.05) is 5.92 Å². The van der Waals surface area contributed by atoms with Crippen LogP contribution >= 0.6 is 0 Å². The van der Waals surface area contributed by atoms with E-state index in [0.717, 1.165) is 6.42 Å². The molecule has 0 saturated heterocycles. The Morgan fingerprint density at radius 3 is 2.50 bits per heavy atom. The molecule has 1 fully saturated rings. The molecule has 0 aliphatic heterocycles. The molecule has 0 aromatic rings. The maximum absolute atomic E-state index is 10.1. The van der Waals surface area contributed by atoms with Crippen molar-refractivity contribution in [3.05, 3.63) is 0 Å². The molecule has 1 saturated carbocycles. The second-order valence-electron chi connectivity index (χ2n) is 2.63. The van der Waals surface area contributed by atoms with Gasteiger partial charge in [-0.2, -0.15) is 0 Å². The maximum Gasteiger partial charge on any atom is 0.202 e. The molecule has 1 aliphatic rings. The van der Waals surface area contributed by atoms with E-state index in [1.54, 1.807) is 0 Å². The molecule has 0 heterocycles. The van der Waals surface area contributed by atoms with Crippen LogP contribution in [-0.4, -0.2) is 6.29 Å². The van der Waals surface area contributed by atoms with Crippen LogP contribution in [-0.2, 0) is 4.79 Å². The highest BCUT2D eigenvalue weighted by atomic mass is 16.1. The molecule has 45 valence electrons. The summed E-state index contributed by atoms with van der Waals surface area (Å²) in [5.74, 6) is 0.863. The quantitative estimate of drug-likeness (QED) is 0.501. The lowest BCUT2D eigenvalue weighted by molar-refractivity contribution is 0.471. The van der Waals surface area contributed by atoms with Crippen molar-refractivity contribution in [2.75, 3.05) is 0 Å². The molecule has 1 heteroatoms. The van der Waals surface area contributed by atoms with Crippen LogP contribution in [0.4, 0.5) is 0 Å². The first-order valence-corrected chi connectivity index (χ1v) is 3.22. The molecule has 0 bridgehead atoms. The summed E-state index contributed by atoms with van der Waals surface area (Å²) in [6.07, 6.45) is 5.58. The minimum absolute atomic E-state index is 0.259. The van der Waals surface area contributed by atoms with Crippen LogP contribution in [0.5, 0.6) is 0 Å². The van der Waals surface area contributed by atoms with Crippen molar-refractivity contribution in [3.8, 4) is 0 Å². The van der Waals surface area contributed by atoms with Crippen LogP contribution in [0.3, 0.4) is 0 Å². The first kappa shape index (κ1) is 5.80. The van der Waals surface area contributed by atoms with E-state index in [1.165, 1.54) is 12.8 Å². The van der Waals surface area contributed by atoms with Gasteiger partial charge in [-0.1, -0.05) is 13.3 Å². The average Bonchev–Trinajstić information content (AvgIpc) is 2.14. The van der Waals surface area contributed by atoms with Crippen LogP contribution < -0.4 is 0 Å². The summed E-state index contributed by atoms with van der Waals surface area (Å²) in [5, 5.41) is 0. The van der Waals surface area contributed by atoms with Gasteiger partial charge >= 0.3 is 0 Å². The summed E-state index contributed by atoms with van der Waals surface area (Å²) >= 11 is 0. The Morgan fingerprint density at radius 1 is 1.50 bits per heavy atom. The minimum Gasteiger partial charge on any atom is -0.291 e. The third kappa shape index (κ3) is 0.908. The van der Waals surface area contributed by atoms with Crippen molar-refractivity contribution in [1.29, 1.82) is 0 Å². The zero-order chi connectivity index (χ0) is 5.98. The van der Waals surface area contributed by atoms with Gasteiger partial charge in [0.2, 0.25) is 6.29 Å². The molecule has 1 radical (unpaired) electrons. The number of hydrogen-bond donors (Lipinski definition) is 0. The van der Waals surface area contributed by atoms with Crippen molar-refractivity contribution in [2.24, 2.45) is 11.8 Å². The molecule has 0 N–H and O–H groups in total. The van der Waals surface area contributed by atoms with Crippen LogP contribution in [0.1, 0.15) is 26.2 Å². The highest BCUT2D eigenvalue weighted by Gasteiger charge is 2.22. The molecule has 8 heavy (non-hydrogen) atoms. The molecule has 2 atom stereocenters. The first-order chi connectivity index (χ1) is 3.84. The molecular weight excluding hydrogens is 100 g/mol. The van der Waals surface area contributed by atoms with Crippen LogP contribution in [0, 0.1) is 11.8 Å². The zero-order valence-corrected chi connectivity index (χ0v) is 5.18. The predicted molar refractivity (Wildman–Crippen MR) is 32.2 cm³/mol. The fourth-order valence-electron chi connectivity index (χ4n) is 1.32. The van der Waals surface area contributed by atoms with E-state index in [1.807, 2.05) is 0 Å². The van der Waals surface area contributed by atoms with E-state index in [9.17, 15) is 4.79 Å². The smallest absolute Gasteiger partial charge is 0.202 e. The number of rotatable bonds is 1. The summed E-state index contributed by atoms with van der Waals surface area (Å²) in [6.45, 7) is 2.13. The summed E-state index contributed by atoms with van der Waals surface area (Å²) < 4.78 is 0. The largest absolute Gasteiger partial charge is 0.291 e. The second kappa shape index (κ2) is 2.29. The average molecular weight is 111 g/mol. The lowest BCUT2D eigenvalue weighted by atomic mass is 10.0. The summed E-state index contributed by atoms with van der Waals surface area (Å²) in [7, 11) is 0. The Hall–Kier alpha value is -0.330. The zero-order valence-electron chi connectivity index (χ0n) is 5.18. The molecular formula is C7H11O. The highest BCUT2D eigenvalue weighted by Crippen LogP contribution is 2.28. The Kier molecular flexibility index (Phi) is 1.66. The third-order valence-electron chi connectivity index (χ3n) is 2.01. The van der Waals surface area contributed by atoms with E-state index < -0.39 is 0 Å². The Morgan fingerprint density at radius 2 is 2.25 bits per heavy atom. The molecule has 0 aromatic carbocycles. The van der Waals surface area contributed by atoms with Crippen LogP contribution in [0.15, 0.2) is 0 Å². The fraction of sp³-hybridized carbons (Fsp3) is 0.857. The monoisotopic (exact) mass is 111 g/mol. The molecule has 0 amide bonds. The molecule has 0 spiro atoms. The van der Waals surface area contributed by atoms with Crippen LogP contribution in [0.25, 0.3) is 0 Å². The highest BCUT2D eigenvalue weighted by molar-refractivity contribution is 5.55. The van der Waals surface area contributed by atoms with Crippen molar-refractivity contribution >= 4 is 6.29 Å². The molecule has 0 aromatic heterocycles. The normalized spacial score (nSPS) is 37.6. The predicted octanol–water partition coefficient (Wildman–Crippen LogP) is 1.53. The summed E-state index contributed by atoms with van der Waals surface area (Å²) in [6, 6.07) is 0. The van der Waals surface area contributed by atoms with Crippen molar-refractivity contribution < 1.29 is 4.79 Å². The van der Waals surface area contributed by atoms with E-state index in [2.05, 4.69) is 13.2 Å². The van der Waals surface area contributed by atoms with Gasteiger partial charge in [-0.25, -0.2) is 0 Å². The maximum atomic E-state index is 10.1. The van der Waals surface area contributed by atoms with Gasteiger partial charge in [-0.15, -0.1) is 0 Å². The Bertz CT molecular complexity index is 88.4. The fourth-order valence-corrected chi connectivity index (χ4v) is 1.32. The van der Waals surface area contributed by atoms with Gasteiger partial charge in [-0.05, 0) is 18.8 Å². The van der Waals surface area contributed by atoms with Gasteiger partial charge < -0.3 is 0 Å². The van der Waals surface area contributed by atoms with Crippen molar-refractivity contribution in [1.82, 2.24) is 0 Å². The van der Waals surface area contributed by atoms with Gasteiger partial charge in [0.1, 0.15) is 0 Å². The summed E-state index contributed by atoms with van der Waals surface area (Å²) in [4.78, 5) is 10.1. The lowest BCUT2D eigenvalue weighted by Crippen LogP contribution is -2.03. The van der Waals surface area contributed by atoms with Gasteiger partial charge in [0.15, 0.2) is 0 Å². The third-order valence-corrected chi connectivity index (χ3v) is 2.01. The molecule has 2 unspecified atom stereocenters. The Labute approximate surface area is 50.1 Å². The Balaban J connectivity index is 2.41. The van der Waals surface area contributed by atoms with E-state index in [-0.39, 0.29) is 5.92 Å². The van der Waals surface area contributed by atoms with E-state index >= 15 is 0 Å². The first-order valence-electron chi connectivity index (χ1n) is 3.22. The van der Waals surface area contributed by atoms with Gasteiger partial charge in [0.25, 0.3) is 0 Å². The summed E-state index contributed by atoms with van der Waals surface area (Å²) in [5.41, 5.74) is 0. The van der Waals surface area contributed by atoms with E-state index in [0.29, 0.717) is 5.92 Å². The lowest BCUT2D eigenvalue weighted by Gasteiger charge is -2.02. The SMILES string of the molecule is CC1CCCC1[C]=O. The standard InChI is InChI=1S/C7H11O/c1-6-3-2-4-7(6)5-8/h6-7H,2-4H2,1H3. The van der Waals surface area contributed by atoms with E-state index in [4.69, 9.17) is 0 Å². The molecule has 1 nitrogen and oxygen atoms in total. The number of hydrogen-bond acceptors (Lipinski definition) is 1. The van der Waals surface area contributed by atoms with Gasteiger partial charge in [0.05, 0.1) is 0 Å². The second-order valence-corrected chi connectivity index (χ2v) is 2.63. The van der Waals surface area contributed by atoms with Gasteiger partial charge in [-0.3, -0.25) is 4.79 Å². The number of carbonyl (C=O) groups excluding carboxylic acids is 1. The van der Waals surface area contributed by atoms with Crippen molar-refractivity contribution in [2.45, 2.75) is 26.2 Å².